The van der Waals surface area contributed by atoms with Crippen LogP contribution in [-0.4, -0.2) is 54.7 Å². The summed E-state index contributed by atoms with van der Waals surface area (Å²) in [5.74, 6) is -2.39. The fourth-order valence-corrected chi connectivity index (χ4v) is 3.84. The Labute approximate surface area is 197 Å². The second-order valence-corrected chi connectivity index (χ2v) is 8.54. The number of nitrogens with one attached hydrogen (secondary N) is 3. The molecule has 0 aromatic heterocycles. The first-order valence-electron chi connectivity index (χ1n) is 11.1. The second-order valence-electron chi connectivity index (χ2n) is 8.54. The molecule has 2 aromatic carbocycles. The molecule has 9 heteroatoms. The Morgan fingerprint density at radius 3 is 2.09 bits per heavy atom. The third kappa shape index (κ3) is 6.34. The monoisotopic (exact) mass is 467 g/mol. The van der Waals surface area contributed by atoms with E-state index in [2.05, 4.69) is 16.0 Å². The highest BCUT2D eigenvalue weighted by Gasteiger charge is 2.30. The van der Waals surface area contributed by atoms with Gasteiger partial charge in [0.2, 0.25) is 11.8 Å². The summed E-state index contributed by atoms with van der Waals surface area (Å²) in [5.41, 5.74) is 4.21. The number of alkyl carbamates (subject to hydrolysis) is 1. The number of hydrogen-bond acceptors (Lipinski definition) is 5. The Kier molecular flexibility index (Phi) is 8.24. The van der Waals surface area contributed by atoms with E-state index in [1.165, 1.54) is 0 Å². The topological polar surface area (TPSA) is 134 Å². The van der Waals surface area contributed by atoms with Gasteiger partial charge in [-0.25, -0.2) is 4.79 Å². The minimum Gasteiger partial charge on any atom is -0.481 e. The number of rotatable bonds is 10. The third-order valence-electron chi connectivity index (χ3n) is 5.46. The quantitative estimate of drug-likeness (QED) is 0.424. The molecule has 1 atom stereocenters. The molecule has 0 radical (unpaired) electrons. The van der Waals surface area contributed by atoms with Gasteiger partial charge in [0.1, 0.15) is 12.6 Å². The van der Waals surface area contributed by atoms with Crippen molar-refractivity contribution in [1.29, 1.82) is 0 Å². The van der Waals surface area contributed by atoms with E-state index in [0.717, 1.165) is 22.3 Å². The van der Waals surface area contributed by atoms with Crippen LogP contribution in [0, 0.1) is 5.92 Å². The van der Waals surface area contributed by atoms with Gasteiger partial charge < -0.3 is 25.8 Å². The van der Waals surface area contributed by atoms with E-state index in [4.69, 9.17) is 9.84 Å². The minimum atomic E-state index is -1.38. The van der Waals surface area contributed by atoms with E-state index in [1.807, 2.05) is 62.4 Å². The van der Waals surface area contributed by atoms with Gasteiger partial charge in [-0.3, -0.25) is 14.4 Å². The van der Waals surface area contributed by atoms with Gasteiger partial charge in [-0.2, -0.15) is 0 Å². The molecule has 0 aliphatic heterocycles. The number of benzene rings is 2. The number of ether oxygens (including phenoxy) is 1. The Bertz CT molecular complexity index is 1020. The molecule has 4 N–H and O–H groups in total. The zero-order valence-corrected chi connectivity index (χ0v) is 19.2. The summed E-state index contributed by atoms with van der Waals surface area (Å²) in [6.07, 6.45) is -1.56. The molecule has 1 unspecified atom stereocenters. The van der Waals surface area contributed by atoms with Crippen molar-refractivity contribution >= 4 is 23.9 Å². The van der Waals surface area contributed by atoms with Crippen molar-refractivity contribution in [2.45, 2.75) is 32.2 Å². The van der Waals surface area contributed by atoms with Gasteiger partial charge in [0.15, 0.2) is 0 Å². The molecule has 1 aliphatic carbocycles. The Morgan fingerprint density at radius 2 is 1.53 bits per heavy atom. The Hall–Kier alpha value is -3.88. The highest BCUT2D eigenvalue weighted by atomic mass is 16.5. The van der Waals surface area contributed by atoms with Crippen LogP contribution in [0.4, 0.5) is 4.79 Å². The third-order valence-corrected chi connectivity index (χ3v) is 5.46. The maximum atomic E-state index is 12.5. The lowest BCUT2D eigenvalue weighted by Crippen LogP contribution is -2.50. The average molecular weight is 468 g/mol. The van der Waals surface area contributed by atoms with Crippen LogP contribution >= 0.6 is 0 Å². The lowest BCUT2D eigenvalue weighted by molar-refractivity contribution is -0.139. The molecule has 9 nitrogen and oxygen atoms in total. The summed E-state index contributed by atoms with van der Waals surface area (Å²) in [6.45, 7) is 4.01. The number of carbonyl (C=O) groups excluding carboxylic acids is 3. The molecular formula is C25H29N3O6. The summed E-state index contributed by atoms with van der Waals surface area (Å²) in [5, 5.41) is 16.4. The van der Waals surface area contributed by atoms with Gasteiger partial charge in [0.05, 0.1) is 13.0 Å². The van der Waals surface area contributed by atoms with Crippen molar-refractivity contribution < 1.29 is 29.0 Å². The van der Waals surface area contributed by atoms with Crippen LogP contribution in [0.15, 0.2) is 48.5 Å². The molecule has 0 spiro atoms. The van der Waals surface area contributed by atoms with Gasteiger partial charge in [-0.1, -0.05) is 62.4 Å². The fraction of sp³-hybridized carbons (Fsp3) is 0.360. The lowest BCUT2D eigenvalue weighted by Gasteiger charge is -2.18. The average Bonchev–Trinajstić information content (AvgIpc) is 3.13. The first kappa shape index (κ1) is 24.8. The maximum absolute atomic E-state index is 12.5. The van der Waals surface area contributed by atoms with E-state index in [0.29, 0.717) is 6.54 Å². The standard InChI is InChI=1S/C25H29N3O6/c1-15(2)12-26-22(29)13-27-24(32)21(11-23(30)31)28-25(33)34-14-20-18-9-5-3-7-16(18)17-8-4-6-10-19(17)20/h3-10,15,20-21H,11-14H2,1-2H3,(H,26,29)(H,27,32)(H,28,33)(H,30,31). The number of carboxylic acids is 1. The van der Waals surface area contributed by atoms with Gasteiger partial charge in [-0.05, 0) is 28.2 Å². The van der Waals surface area contributed by atoms with Crippen LogP contribution in [0.1, 0.15) is 37.3 Å². The van der Waals surface area contributed by atoms with Crippen LogP contribution in [0.2, 0.25) is 0 Å². The molecule has 0 saturated heterocycles. The van der Waals surface area contributed by atoms with E-state index >= 15 is 0 Å². The number of carboxylic acid groups (broad SMARTS) is 1. The van der Waals surface area contributed by atoms with Crippen LogP contribution in [-0.2, 0) is 19.1 Å². The summed E-state index contributed by atoms with van der Waals surface area (Å²) in [7, 11) is 0. The molecule has 3 amide bonds. The van der Waals surface area contributed by atoms with E-state index in [1.54, 1.807) is 0 Å². The summed E-state index contributed by atoms with van der Waals surface area (Å²) >= 11 is 0. The first-order valence-corrected chi connectivity index (χ1v) is 11.1. The number of fused-ring (bicyclic) bond motifs is 3. The molecule has 180 valence electrons. The van der Waals surface area contributed by atoms with E-state index < -0.39 is 36.3 Å². The SMILES string of the molecule is CC(C)CNC(=O)CNC(=O)C(CC(=O)O)NC(=O)OCC1c2ccccc2-c2ccccc21. The summed E-state index contributed by atoms with van der Waals surface area (Å²) in [4.78, 5) is 47.9. The van der Waals surface area contributed by atoms with Crippen molar-refractivity contribution in [2.24, 2.45) is 5.92 Å². The largest absolute Gasteiger partial charge is 0.481 e. The first-order chi connectivity index (χ1) is 16.3. The molecule has 0 bridgehead atoms. The Morgan fingerprint density at radius 1 is 0.941 bits per heavy atom. The number of amides is 3. The van der Waals surface area contributed by atoms with Gasteiger partial charge in [-0.15, -0.1) is 0 Å². The van der Waals surface area contributed by atoms with Gasteiger partial charge >= 0.3 is 12.1 Å². The van der Waals surface area contributed by atoms with Gasteiger partial charge in [0.25, 0.3) is 0 Å². The molecule has 0 saturated carbocycles. The smallest absolute Gasteiger partial charge is 0.407 e. The lowest BCUT2D eigenvalue weighted by atomic mass is 9.98. The molecule has 1 aliphatic rings. The number of hydrogen-bond donors (Lipinski definition) is 4. The number of aliphatic carboxylic acids is 1. The van der Waals surface area contributed by atoms with Crippen molar-refractivity contribution in [3.05, 3.63) is 59.7 Å². The summed E-state index contributed by atoms with van der Waals surface area (Å²) in [6, 6.07) is 14.3. The van der Waals surface area contributed by atoms with Crippen LogP contribution in [0.5, 0.6) is 0 Å². The van der Waals surface area contributed by atoms with Crippen LogP contribution in [0.3, 0.4) is 0 Å². The van der Waals surface area contributed by atoms with E-state index in [9.17, 15) is 19.2 Å². The zero-order valence-electron chi connectivity index (χ0n) is 19.2. The molecule has 0 fully saturated rings. The predicted molar refractivity (Wildman–Crippen MR) is 125 cm³/mol. The fourth-order valence-electron chi connectivity index (χ4n) is 3.84. The van der Waals surface area contributed by atoms with Crippen molar-refractivity contribution in [3.8, 4) is 11.1 Å². The van der Waals surface area contributed by atoms with Crippen LogP contribution in [0.25, 0.3) is 11.1 Å². The van der Waals surface area contributed by atoms with Crippen molar-refractivity contribution in [3.63, 3.8) is 0 Å². The highest BCUT2D eigenvalue weighted by molar-refractivity contribution is 5.92. The molecule has 3 rings (SSSR count). The molecule has 34 heavy (non-hydrogen) atoms. The molecule has 2 aromatic rings. The van der Waals surface area contributed by atoms with E-state index in [-0.39, 0.29) is 25.0 Å². The zero-order chi connectivity index (χ0) is 24.7. The highest BCUT2D eigenvalue weighted by Crippen LogP contribution is 2.44. The second kappa shape index (κ2) is 11.3. The summed E-state index contributed by atoms with van der Waals surface area (Å²) < 4.78 is 5.39. The molecular weight excluding hydrogens is 438 g/mol. The van der Waals surface area contributed by atoms with Crippen LogP contribution < -0.4 is 16.0 Å². The maximum Gasteiger partial charge on any atom is 0.407 e. The molecule has 0 heterocycles. The minimum absolute atomic E-state index is 0.0267. The van der Waals surface area contributed by atoms with Gasteiger partial charge in [0, 0.05) is 12.5 Å². The van der Waals surface area contributed by atoms with Crippen molar-refractivity contribution in [1.82, 2.24) is 16.0 Å². The number of carbonyl (C=O) groups is 4. The predicted octanol–water partition coefficient (Wildman–Crippen LogP) is 2.26. The Balaban J connectivity index is 1.58. The van der Waals surface area contributed by atoms with Crippen molar-refractivity contribution in [2.75, 3.05) is 19.7 Å². The normalized spacial score (nSPS) is 12.9.